The minimum Gasteiger partial charge on any atom is -0.370 e. The first kappa shape index (κ1) is 16.0. The van der Waals surface area contributed by atoms with Crippen LogP contribution in [0.4, 0.5) is 0 Å². The quantitative estimate of drug-likeness (QED) is 0.628. The number of guanidine groups is 1. The Morgan fingerprint density at radius 3 is 2.70 bits per heavy atom. The summed E-state index contributed by atoms with van der Waals surface area (Å²) in [6.45, 7) is 4.63. The Labute approximate surface area is 120 Å². The van der Waals surface area contributed by atoms with E-state index in [0.717, 1.165) is 12.0 Å². The number of carbonyl (C=O) groups is 1. The number of nitrogens with one attached hydrogen (secondary N) is 1. The van der Waals surface area contributed by atoms with Gasteiger partial charge in [0.2, 0.25) is 0 Å². The number of rotatable bonds is 5. The molecule has 0 unspecified atom stereocenters. The Hall–Kier alpha value is -2.04. The van der Waals surface area contributed by atoms with Gasteiger partial charge in [-0.05, 0) is 38.0 Å². The fourth-order valence-electron chi connectivity index (χ4n) is 1.76. The molecule has 1 rings (SSSR count). The highest BCUT2D eigenvalue weighted by Crippen LogP contribution is 2.08. The van der Waals surface area contributed by atoms with Crippen LogP contribution >= 0.6 is 0 Å². The van der Waals surface area contributed by atoms with Crippen molar-refractivity contribution in [2.45, 2.75) is 26.3 Å². The van der Waals surface area contributed by atoms with Crippen LogP contribution in [0.15, 0.2) is 29.3 Å². The van der Waals surface area contributed by atoms with Crippen LogP contribution in [0.2, 0.25) is 0 Å². The maximum absolute atomic E-state index is 11.9. The van der Waals surface area contributed by atoms with Crippen LogP contribution in [0.25, 0.3) is 0 Å². The van der Waals surface area contributed by atoms with Gasteiger partial charge in [-0.2, -0.15) is 0 Å². The summed E-state index contributed by atoms with van der Waals surface area (Å²) in [6.07, 6.45) is 0.759. The summed E-state index contributed by atoms with van der Waals surface area (Å²) in [7, 11) is 3.50. The molecule has 110 valence electrons. The number of benzene rings is 1. The lowest BCUT2D eigenvalue weighted by Gasteiger charge is -2.11. The van der Waals surface area contributed by atoms with Crippen LogP contribution in [-0.4, -0.2) is 43.4 Å². The number of nitrogens with two attached hydrogens (primary N) is 1. The number of nitrogens with zero attached hydrogens (tertiary/aromatic N) is 2. The summed E-state index contributed by atoms with van der Waals surface area (Å²) in [6, 6.07) is 7.90. The van der Waals surface area contributed by atoms with Crippen LogP contribution in [0.5, 0.6) is 0 Å². The summed E-state index contributed by atoms with van der Waals surface area (Å²) in [5.41, 5.74) is 7.52. The molecule has 1 amide bonds. The molecule has 0 heterocycles. The third kappa shape index (κ3) is 5.30. The Bertz CT molecular complexity index is 481. The van der Waals surface area contributed by atoms with Gasteiger partial charge < -0.3 is 16.0 Å². The van der Waals surface area contributed by atoms with Crippen LogP contribution < -0.4 is 11.1 Å². The Balaban J connectivity index is 2.61. The minimum absolute atomic E-state index is 0.0105. The van der Waals surface area contributed by atoms with Gasteiger partial charge in [0.15, 0.2) is 5.96 Å². The second kappa shape index (κ2) is 7.53. The molecule has 0 saturated carbocycles. The van der Waals surface area contributed by atoms with E-state index in [1.807, 2.05) is 38.1 Å². The fourth-order valence-corrected chi connectivity index (χ4v) is 1.76. The summed E-state index contributed by atoms with van der Waals surface area (Å²) < 4.78 is 0. The molecular weight excluding hydrogens is 252 g/mol. The number of amides is 1. The maximum atomic E-state index is 11.9. The van der Waals surface area contributed by atoms with Gasteiger partial charge in [0, 0.05) is 32.2 Å². The predicted octanol–water partition coefficient (Wildman–Crippen LogP) is 1.24. The summed E-state index contributed by atoms with van der Waals surface area (Å²) >= 11 is 0. The van der Waals surface area contributed by atoms with Crippen molar-refractivity contribution in [3.05, 3.63) is 35.4 Å². The molecule has 3 N–H and O–H groups in total. The van der Waals surface area contributed by atoms with Crippen molar-refractivity contribution in [2.75, 3.05) is 20.6 Å². The van der Waals surface area contributed by atoms with Gasteiger partial charge in [-0.15, -0.1) is 0 Å². The zero-order valence-electron chi connectivity index (χ0n) is 12.7. The zero-order valence-corrected chi connectivity index (χ0v) is 12.7. The van der Waals surface area contributed by atoms with Gasteiger partial charge >= 0.3 is 0 Å². The van der Waals surface area contributed by atoms with Crippen molar-refractivity contribution < 1.29 is 4.79 Å². The Kier molecular flexibility index (Phi) is 6.03. The van der Waals surface area contributed by atoms with E-state index in [2.05, 4.69) is 10.3 Å². The number of aliphatic imine (C=N–C) groups is 1. The molecule has 0 saturated heterocycles. The average molecular weight is 276 g/mol. The molecule has 0 aliphatic rings. The van der Waals surface area contributed by atoms with E-state index in [-0.39, 0.29) is 11.9 Å². The van der Waals surface area contributed by atoms with E-state index in [4.69, 9.17) is 5.73 Å². The van der Waals surface area contributed by atoms with Crippen LogP contribution in [0.3, 0.4) is 0 Å². The average Bonchev–Trinajstić information content (AvgIpc) is 2.37. The predicted molar refractivity (Wildman–Crippen MR) is 82.9 cm³/mol. The third-order valence-corrected chi connectivity index (χ3v) is 2.70. The molecule has 1 aromatic carbocycles. The topological polar surface area (TPSA) is 70.7 Å². The summed E-state index contributed by atoms with van der Waals surface area (Å²) in [4.78, 5) is 17.7. The first-order valence-corrected chi connectivity index (χ1v) is 6.77. The molecule has 1 aromatic rings. The number of carbonyl (C=O) groups excluding carboxylic acids is 1. The van der Waals surface area contributed by atoms with Gasteiger partial charge in [0.05, 0.1) is 0 Å². The van der Waals surface area contributed by atoms with E-state index in [0.29, 0.717) is 18.1 Å². The first-order chi connectivity index (χ1) is 9.40. The first-order valence-electron chi connectivity index (χ1n) is 6.77. The van der Waals surface area contributed by atoms with Crippen LogP contribution in [-0.2, 0) is 6.42 Å². The molecule has 0 atom stereocenters. The zero-order chi connectivity index (χ0) is 15.1. The largest absolute Gasteiger partial charge is 0.370 e. The molecule has 20 heavy (non-hydrogen) atoms. The molecular formula is C15H24N4O. The fraction of sp³-hybridized carbons (Fsp3) is 0.467. The second-order valence-corrected chi connectivity index (χ2v) is 5.22. The molecule has 0 aliphatic heterocycles. The smallest absolute Gasteiger partial charge is 0.253 e. The molecule has 5 heteroatoms. The van der Waals surface area contributed by atoms with Gasteiger partial charge in [-0.25, -0.2) is 0 Å². The van der Waals surface area contributed by atoms with Crippen molar-refractivity contribution in [1.82, 2.24) is 10.2 Å². The SMILES string of the molecule is CC(C)NC(N)=NCCc1cccc(C(=O)N(C)C)c1. The summed E-state index contributed by atoms with van der Waals surface area (Å²) in [5, 5.41) is 3.04. The molecule has 0 radical (unpaired) electrons. The Morgan fingerprint density at radius 2 is 2.10 bits per heavy atom. The lowest BCUT2D eigenvalue weighted by Crippen LogP contribution is -2.36. The van der Waals surface area contributed by atoms with Crippen LogP contribution in [0, 0.1) is 0 Å². The van der Waals surface area contributed by atoms with Gasteiger partial charge in [-0.1, -0.05) is 12.1 Å². The lowest BCUT2D eigenvalue weighted by molar-refractivity contribution is 0.0827. The van der Waals surface area contributed by atoms with E-state index < -0.39 is 0 Å². The number of hydrogen-bond donors (Lipinski definition) is 2. The van der Waals surface area contributed by atoms with Gasteiger partial charge in [-0.3, -0.25) is 9.79 Å². The lowest BCUT2D eigenvalue weighted by atomic mass is 10.1. The highest BCUT2D eigenvalue weighted by Gasteiger charge is 2.07. The molecule has 0 spiro atoms. The highest BCUT2D eigenvalue weighted by molar-refractivity contribution is 5.94. The highest BCUT2D eigenvalue weighted by atomic mass is 16.2. The number of hydrogen-bond acceptors (Lipinski definition) is 2. The monoisotopic (exact) mass is 276 g/mol. The minimum atomic E-state index is 0.0105. The summed E-state index contributed by atoms with van der Waals surface area (Å²) in [5.74, 6) is 0.469. The maximum Gasteiger partial charge on any atom is 0.253 e. The van der Waals surface area contributed by atoms with Crippen LogP contribution in [0.1, 0.15) is 29.8 Å². The van der Waals surface area contributed by atoms with Crippen molar-refractivity contribution >= 4 is 11.9 Å². The van der Waals surface area contributed by atoms with E-state index in [9.17, 15) is 4.79 Å². The van der Waals surface area contributed by atoms with Gasteiger partial charge in [0.25, 0.3) is 5.91 Å². The van der Waals surface area contributed by atoms with Gasteiger partial charge in [0.1, 0.15) is 0 Å². The molecule has 0 aliphatic carbocycles. The third-order valence-electron chi connectivity index (χ3n) is 2.70. The van der Waals surface area contributed by atoms with E-state index in [1.165, 1.54) is 0 Å². The van der Waals surface area contributed by atoms with Crippen molar-refractivity contribution in [1.29, 1.82) is 0 Å². The Morgan fingerprint density at radius 1 is 1.40 bits per heavy atom. The van der Waals surface area contributed by atoms with Crippen molar-refractivity contribution in [3.63, 3.8) is 0 Å². The molecule has 0 bridgehead atoms. The van der Waals surface area contributed by atoms with Crippen molar-refractivity contribution in [2.24, 2.45) is 10.7 Å². The van der Waals surface area contributed by atoms with E-state index in [1.54, 1.807) is 19.0 Å². The standard InChI is InChI=1S/C15H24N4O/c1-11(2)18-15(16)17-9-8-12-6-5-7-13(10-12)14(20)19(3)4/h5-7,10-11H,8-9H2,1-4H3,(H3,16,17,18). The normalized spacial score (nSPS) is 11.6. The molecule has 0 fully saturated rings. The second-order valence-electron chi connectivity index (χ2n) is 5.22. The van der Waals surface area contributed by atoms with Crippen molar-refractivity contribution in [3.8, 4) is 0 Å². The molecule has 0 aromatic heterocycles. The van der Waals surface area contributed by atoms with E-state index >= 15 is 0 Å². The molecule has 5 nitrogen and oxygen atoms in total.